The second kappa shape index (κ2) is 3.33. The van der Waals surface area contributed by atoms with Gasteiger partial charge in [0.1, 0.15) is 12.4 Å². The maximum absolute atomic E-state index is 12.2. The van der Waals surface area contributed by atoms with Crippen molar-refractivity contribution >= 4 is 11.8 Å². The van der Waals surface area contributed by atoms with Gasteiger partial charge in [-0.15, -0.1) is 0 Å². The van der Waals surface area contributed by atoms with Gasteiger partial charge in [0.2, 0.25) is 0 Å². The van der Waals surface area contributed by atoms with Crippen LogP contribution in [0.15, 0.2) is 0 Å². The highest BCUT2D eigenvalue weighted by Gasteiger charge is 2.65. The van der Waals surface area contributed by atoms with E-state index in [0.717, 1.165) is 25.7 Å². The van der Waals surface area contributed by atoms with Crippen molar-refractivity contribution in [2.24, 2.45) is 22.7 Å². The van der Waals surface area contributed by atoms with Crippen molar-refractivity contribution < 1.29 is 14.3 Å². The van der Waals surface area contributed by atoms with Crippen molar-refractivity contribution in [2.45, 2.75) is 46.0 Å². The Kier molecular flexibility index (Phi) is 2.20. The number of ether oxygens (including phenoxy) is 1. The highest BCUT2D eigenvalue weighted by molar-refractivity contribution is 5.93. The van der Waals surface area contributed by atoms with E-state index in [2.05, 4.69) is 13.8 Å². The van der Waals surface area contributed by atoms with Crippen LogP contribution in [0.4, 0.5) is 0 Å². The highest BCUT2D eigenvalue weighted by atomic mass is 16.5. The first-order chi connectivity index (χ1) is 7.98. The molecule has 3 nitrogen and oxygen atoms in total. The third kappa shape index (κ3) is 1.28. The quantitative estimate of drug-likeness (QED) is 0.606. The lowest BCUT2D eigenvalue weighted by Crippen LogP contribution is -2.54. The van der Waals surface area contributed by atoms with Crippen molar-refractivity contribution in [3.05, 3.63) is 0 Å². The molecule has 3 aliphatic rings. The average Bonchev–Trinajstić information content (AvgIpc) is 2.57. The third-order valence-corrected chi connectivity index (χ3v) is 5.43. The number of cyclic esters (lactones) is 1. The van der Waals surface area contributed by atoms with Crippen LogP contribution in [0.5, 0.6) is 0 Å². The number of carbonyl (C=O) groups is 2. The van der Waals surface area contributed by atoms with E-state index in [0.29, 0.717) is 18.9 Å². The second-order valence-corrected chi connectivity index (χ2v) is 6.59. The largest absolute Gasteiger partial charge is 0.464 e. The van der Waals surface area contributed by atoms with E-state index in [9.17, 15) is 9.59 Å². The Morgan fingerprint density at radius 1 is 1.24 bits per heavy atom. The Morgan fingerprint density at radius 2 is 2.00 bits per heavy atom. The minimum atomic E-state index is -0.461. The number of hydrogen-bond acceptors (Lipinski definition) is 3. The molecule has 0 aromatic carbocycles. The van der Waals surface area contributed by atoms with Gasteiger partial charge in [0, 0.05) is 6.42 Å². The van der Waals surface area contributed by atoms with Crippen molar-refractivity contribution in [2.75, 3.05) is 6.61 Å². The SMILES string of the molecule is CC1(C)CCC[C@]23C(=O)OC[C@H]2C(=O)CC[C@@H]13. The maximum atomic E-state index is 12.2. The monoisotopic (exact) mass is 236 g/mol. The van der Waals surface area contributed by atoms with Gasteiger partial charge in [-0.25, -0.2) is 0 Å². The standard InChI is InChI=1S/C14H20O3/c1-13(2)6-3-7-14-9(8-17-12(14)16)10(15)4-5-11(13)14/h9,11H,3-8H2,1-2H3/t9-,11-,14-/m0/s1. The first-order valence-electron chi connectivity index (χ1n) is 6.68. The van der Waals surface area contributed by atoms with Crippen molar-refractivity contribution in [1.29, 1.82) is 0 Å². The lowest BCUT2D eigenvalue weighted by atomic mass is 9.48. The van der Waals surface area contributed by atoms with E-state index in [1.165, 1.54) is 0 Å². The van der Waals surface area contributed by atoms with Gasteiger partial charge < -0.3 is 4.74 Å². The van der Waals surface area contributed by atoms with Gasteiger partial charge >= 0.3 is 5.97 Å². The smallest absolute Gasteiger partial charge is 0.313 e. The number of esters is 1. The number of carbonyl (C=O) groups excluding carboxylic acids is 2. The molecule has 0 amide bonds. The zero-order valence-electron chi connectivity index (χ0n) is 10.6. The van der Waals surface area contributed by atoms with E-state index in [4.69, 9.17) is 4.74 Å². The summed E-state index contributed by atoms with van der Waals surface area (Å²) in [5.74, 6) is 0.355. The van der Waals surface area contributed by atoms with Gasteiger partial charge in [0.25, 0.3) is 0 Å². The summed E-state index contributed by atoms with van der Waals surface area (Å²) in [5.41, 5.74) is -0.294. The summed E-state index contributed by atoms with van der Waals surface area (Å²) < 4.78 is 5.26. The summed E-state index contributed by atoms with van der Waals surface area (Å²) >= 11 is 0. The first kappa shape index (κ1) is 11.2. The Bertz CT molecular complexity index is 385. The molecule has 3 fully saturated rings. The summed E-state index contributed by atoms with van der Waals surface area (Å²) in [6.07, 6.45) is 4.57. The molecule has 3 rings (SSSR count). The van der Waals surface area contributed by atoms with Crippen LogP contribution in [0.2, 0.25) is 0 Å². The molecule has 2 saturated carbocycles. The van der Waals surface area contributed by atoms with Crippen LogP contribution in [-0.4, -0.2) is 18.4 Å². The summed E-state index contributed by atoms with van der Waals surface area (Å²) in [5, 5.41) is 0. The summed E-state index contributed by atoms with van der Waals surface area (Å²) in [6, 6.07) is 0. The highest BCUT2D eigenvalue weighted by Crippen LogP contribution is 2.61. The predicted octanol–water partition coefficient (Wildman–Crippen LogP) is 2.33. The predicted molar refractivity (Wildman–Crippen MR) is 62.2 cm³/mol. The van der Waals surface area contributed by atoms with E-state index < -0.39 is 5.41 Å². The van der Waals surface area contributed by atoms with Crippen LogP contribution in [0.3, 0.4) is 0 Å². The van der Waals surface area contributed by atoms with Gasteiger partial charge in [0.05, 0.1) is 11.3 Å². The Labute approximate surface area is 102 Å². The molecule has 0 aromatic rings. The van der Waals surface area contributed by atoms with Gasteiger partial charge in [0.15, 0.2) is 0 Å². The van der Waals surface area contributed by atoms with E-state index >= 15 is 0 Å². The fourth-order valence-corrected chi connectivity index (χ4v) is 4.62. The van der Waals surface area contributed by atoms with Crippen LogP contribution in [0, 0.1) is 22.7 Å². The van der Waals surface area contributed by atoms with Gasteiger partial charge in [-0.2, -0.15) is 0 Å². The average molecular weight is 236 g/mol. The molecule has 17 heavy (non-hydrogen) atoms. The van der Waals surface area contributed by atoms with Gasteiger partial charge in [-0.1, -0.05) is 20.3 Å². The normalized spacial score (nSPS) is 43.9. The molecule has 2 aliphatic carbocycles. The number of hydrogen-bond donors (Lipinski definition) is 0. The van der Waals surface area contributed by atoms with Crippen molar-refractivity contribution in [3.8, 4) is 0 Å². The third-order valence-electron chi connectivity index (χ3n) is 5.43. The summed E-state index contributed by atoms with van der Waals surface area (Å²) in [4.78, 5) is 24.3. The fourth-order valence-electron chi connectivity index (χ4n) is 4.62. The molecule has 1 heterocycles. The molecule has 3 atom stereocenters. The maximum Gasteiger partial charge on any atom is 0.313 e. The zero-order valence-corrected chi connectivity index (χ0v) is 10.6. The molecule has 0 bridgehead atoms. The number of ketones is 1. The van der Waals surface area contributed by atoms with E-state index in [1.54, 1.807) is 0 Å². The number of rotatable bonds is 0. The molecule has 0 unspecified atom stereocenters. The molecule has 94 valence electrons. The zero-order chi connectivity index (χ0) is 12.3. The minimum Gasteiger partial charge on any atom is -0.464 e. The van der Waals surface area contributed by atoms with E-state index in [-0.39, 0.29) is 23.1 Å². The second-order valence-electron chi connectivity index (χ2n) is 6.59. The van der Waals surface area contributed by atoms with E-state index in [1.807, 2.05) is 0 Å². The van der Waals surface area contributed by atoms with Gasteiger partial charge in [-0.3, -0.25) is 9.59 Å². The molecule has 0 radical (unpaired) electrons. The molecule has 0 N–H and O–H groups in total. The Morgan fingerprint density at radius 3 is 2.76 bits per heavy atom. The molecule has 1 saturated heterocycles. The molecule has 0 aromatic heterocycles. The first-order valence-corrected chi connectivity index (χ1v) is 6.68. The van der Waals surface area contributed by atoms with Crippen LogP contribution in [0.25, 0.3) is 0 Å². The van der Waals surface area contributed by atoms with Crippen molar-refractivity contribution in [3.63, 3.8) is 0 Å². The topological polar surface area (TPSA) is 43.4 Å². The lowest BCUT2D eigenvalue weighted by Gasteiger charge is -2.52. The lowest BCUT2D eigenvalue weighted by molar-refractivity contribution is -0.162. The molecule has 1 spiro atoms. The summed E-state index contributed by atoms with van der Waals surface area (Å²) in [6.45, 7) is 4.83. The Hall–Kier alpha value is -0.860. The van der Waals surface area contributed by atoms with Gasteiger partial charge in [-0.05, 0) is 30.6 Å². The van der Waals surface area contributed by atoms with Crippen molar-refractivity contribution in [1.82, 2.24) is 0 Å². The molecular formula is C14H20O3. The molecular weight excluding hydrogens is 216 g/mol. The van der Waals surface area contributed by atoms with Crippen LogP contribution in [-0.2, 0) is 14.3 Å². The molecule has 3 heteroatoms. The van der Waals surface area contributed by atoms with Crippen LogP contribution < -0.4 is 0 Å². The fraction of sp³-hybridized carbons (Fsp3) is 0.857. The summed E-state index contributed by atoms with van der Waals surface area (Å²) in [7, 11) is 0. The number of Topliss-reactive ketones (excluding diaryl/α,β-unsaturated/α-hetero) is 1. The Balaban J connectivity index is 2.09. The van der Waals surface area contributed by atoms with Crippen LogP contribution in [0.1, 0.15) is 46.0 Å². The van der Waals surface area contributed by atoms with Crippen LogP contribution >= 0.6 is 0 Å². The minimum absolute atomic E-state index is 0.0895. The molecule has 1 aliphatic heterocycles.